The van der Waals surface area contributed by atoms with Crippen molar-refractivity contribution >= 4 is 23.8 Å². The van der Waals surface area contributed by atoms with Crippen molar-refractivity contribution in [3.8, 4) is 11.5 Å². The van der Waals surface area contributed by atoms with Gasteiger partial charge < -0.3 is 9.47 Å². The number of carbonyl (C=O) groups is 1. The van der Waals surface area contributed by atoms with Gasteiger partial charge in [0.15, 0.2) is 5.78 Å². The molecule has 0 bridgehead atoms. The molecule has 0 aliphatic carbocycles. The van der Waals surface area contributed by atoms with Gasteiger partial charge in [0.1, 0.15) is 16.7 Å². The van der Waals surface area contributed by atoms with Crippen LogP contribution in [-0.4, -0.2) is 37.5 Å². The number of carbonyl (C=O) groups excluding carboxylic acids is 1. The molecule has 0 fully saturated rings. The van der Waals surface area contributed by atoms with Crippen LogP contribution >= 0.6 is 11.8 Å². The van der Waals surface area contributed by atoms with Crippen molar-refractivity contribution in [1.82, 2.24) is 0 Å². The molecule has 1 aliphatic rings. The molecule has 0 spiro atoms. The number of hydrogen-bond donors (Lipinski definition) is 0. The maximum Gasteiger partial charge on any atom is 0.182 e. The van der Waals surface area contributed by atoms with E-state index < -0.39 is 0 Å². The Kier molecular flexibility index (Phi) is 5.76. The Morgan fingerprint density at radius 3 is 2.64 bits per heavy atom. The Bertz CT molecular complexity index is 771. The van der Waals surface area contributed by atoms with Gasteiger partial charge in [-0.2, -0.15) is 0 Å². The molecule has 1 atom stereocenters. The number of ether oxygens (including phenoxy) is 2. The van der Waals surface area contributed by atoms with Gasteiger partial charge in [-0.15, -0.1) is 11.8 Å². The first-order chi connectivity index (χ1) is 12.2. The first kappa shape index (κ1) is 17.5. The highest BCUT2D eigenvalue weighted by Gasteiger charge is 2.30. The first-order valence-corrected chi connectivity index (χ1v) is 9.20. The van der Waals surface area contributed by atoms with Gasteiger partial charge in [-0.05, 0) is 49.2 Å². The van der Waals surface area contributed by atoms with E-state index in [1.54, 1.807) is 25.1 Å². The smallest absolute Gasteiger partial charge is 0.182 e. The van der Waals surface area contributed by atoms with Crippen molar-refractivity contribution in [1.29, 1.82) is 0 Å². The third-order valence-corrected chi connectivity index (χ3v) is 5.17. The summed E-state index contributed by atoms with van der Waals surface area (Å²) < 4.78 is 10.6. The van der Waals surface area contributed by atoms with E-state index in [-0.39, 0.29) is 11.0 Å². The number of Topliss-reactive ketones (excluding diaryl/α,β-unsaturated/α-hetero) is 1. The van der Waals surface area contributed by atoms with E-state index in [9.17, 15) is 4.79 Å². The Hall–Kier alpha value is -2.27. The minimum absolute atomic E-state index is 0.106. The molecular formula is C20H21NO3S. The van der Waals surface area contributed by atoms with E-state index in [1.165, 1.54) is 5.56 Å². The van der Waals surface area contributed by atoms with Crippen LogP contribution in [0.5, 0.6) is 11.5 Å². The van der Waals surface area contributed by atoms with Crippen LogP contribution < -0.4 is 9.47 Å². The second kappa shape index (κ2) is 8.21. The summed E-state index contributed by atoms with van der Waals surface area (Å²) in [4.78, 5) is 18.0. The molecule has 0 saturated heterocycles. The fraction of sp³-hybridized carbons (Fsp3) is 0.300. The van der Waals surface area contributed by atoms with Crippen molar-refractivity contribution in [3.05, 3.63) is 53.6 Å². The predicted molar refractivity (Wildman–Crippen MR) is 102 cm³/mol. The molecule has 2 aromatic carbocycles. The highest BCUT2D eigenvalue weighted by atomic mass is 32.2. The van der Waals surface area contributed by atoms with E-state index in [4.69, 9.17) is 9.47 Å². The molecule has 5 heteroatoms. The Morgan fingerprint density at radius 2 is 1.92 bits per heavy atom. The number of rotatable bonds is 7. The minimum atomic E-state index is -0.234. The molecule has 0 amide bonds. The van der Waals surface area contributed by atoms with E-state index in [2.05, 4.69) is 4.99 Å². The highest BCUT2D eigenvalue weighted by Crippen LogP contribution is 2.38. The van der Waals surface area contributed by atoms with Crippen LogP contribution in [0, 0.1) is 0 Å². The Balaban J connectivity index is 1.56. The lowest BCUT2D eigenvalue weighted by atomic mass is 10.1. The normalized spacial score (nSPS) is 16.2. The number of nitrogens with zero attached hydrogens (tertiary/aromatic N) is 1. The lowest BCUT2D eigenvalue weighted by Gasteiger charge is -2.03. The fourth-order valence-corrected chi connectivity index (χ4v) is 3.75. The van der Waals surface area contributed by atoms with Crippen LogP contribution in [0.15, 0.2) is 52.4 Å². The number of aliphatic imine (C=N–C) groups is 1. The molecule has 1 heterocycles. The average Bonchev–Trinajstić information content (AvgIpc) is 2.95. The third kappa shape index (κ3) is 4.23. The summed E-state index contributed by atoms with van der Waals surface area (Å²) in [7, 11) is 1.66. The van der Waals surface area contributed by atoms with Crippen molar-refractivity contribution in [2.75, 3.05) is 20.3 Å². The van der Waals surface area contributed by atoms with Gasteiger partial charge in [0, 0.05) is 23.2 Å². The van der Waals surface area contributed by atoms with Crippen molar-refractivity contribution in [3.63, 3.8) is 0 Å². The zero-order valence-electron chi connectivity index (χ0n) is 14.4. The van der Waals surface area contributed by atoms with Crippen LogP contribution in [0.3, 0.4) is 0 Å². The molecule has 25 heavy (non-hydrogen) atoms. The highest BCUT2D eigenvalue weighted by molar-refractivity contribution is 8.02. The summed E-state index contributed by atoms with van der Waals surface area (Å²) in [6, 6.07) is 13.7. The van der Waals surface area contributed by atoms with E-state index in [0.29, 0.717) is 13.2 Å². The van der Waals surface area contributed by atoms with Crippen LogP contribution in [0.2, 0.25) is 0 Å². The molecule has 1 aliphatic heterocycles. The predicted octanol–water partition coefficient (Wildman–Crippen LogP) is 4.06. The van der Waals surface area contributed by atoms with Gasteiger partial charge in [0.2, 0.25) is 0 Å². The number of benzene rings is 2. The largest absolute Gasteiger partial charge is 0.497 e. The van der Waals surface area contributed by atoms with Crippen LogP contribution in [0.1, 0.15) is 22.8 Å². The number of methoxy groups -OCH3 is 1. The SMILES string of the molecule is CCOc1ccc2c(c1)C(=O)[C@H](C=NCCc1ccc(OC)cc1)S2. The monoisotopic (exact) mass is 355 g/mol. The topological polar surface area (TPSA) is 47.9 Å². The van der Waals surface area contributed by atoms with Gasteiger partial charge in [-0.3, -0.25) is 9.79 Å². The maximum atomic E-state index is 12.5. The lowest BCUT2D eigenvalue weighted by molar-refractivity contribution is 0.101. The lowest BCUT2D eigenvalue weighted by Crippen LogP contribution is -2.13. The summed E-state index contributed by atoms with van der Waals surface area (Å²) in [6.07, 6.45) is 2.62. The number of thioether (sulfide) groups is 1. The summed E-state index contributed by atoms with van der Waals surface area (Å²) in [5, 5.41) is -0.234. The zero-order chi connectivity index (χ0) is 17.6. The van der Waals surface area contributed by atoms with E-state index >= 15 is 0 Å². The molecule has 0 saturated carbocycles. The number of fused-ring (bicyclic) bond motifs is 1. The first-order valence-electron chi connectivity index (χ1n) is 8.32. The summed E-state index contributed by atoms with van der Waals surface area (Å²) >= 11 is 1.55. The van der Waals surface area contributed by atoms with Crippen molar-refractivity contribution < 1.29 is 14.3 Å². The van der Waals surface area contributed by atoms with E-state index in [1.807, 2.05) is 49.4 Å². The molecule has 0 aromatic heterocycles. The standard InChI is InChI=1S/C20H21NO3S/c1-3-24-16-8-9-18-17(12-16)20(22)19(25-18)13-21-11-10-14-4-6-15(23-2)7-5-14/h4-9,12-13,19H,3,10-11H2,1-2H3/t19-/m0/s1. The van der Waals surface area contributed by atoms with Crippen molar-refractivity contribution in [2.24, 2.45) is 4.99 Å². The molecule has 130 valence electrons. The summed E-state index contributed by atoms with van der Waals surface area (Å²) in [6.45, 7) is 3.19. The van der Waals surface area contributed by atoms with Gasteiger partial charge in [-0.1, -0.05) is 12.1 Å². The number of ketones is 1. The second-order valence-corrected chi connectivity index (χ2v) is 6.83. The van der Waals surface area contributed by atoms with Crippen molar-refractivity contribution in [2.45, 2.75) is 23.5 Å². The van der Waals surface area contributed by atoms with Gasteiger partial charge >= 0.3 is 0 Å². The minimum Gasteiger partial charge on any atom is -0.497 e. The van der Waals surface area contributed by atoms with Crippen LogP contribution in [0.25, 0.3) is 0 Å². The molecule has 0 unspecified atom stereocenters. The zero-order valence-corrected chi connectivity index (χ0v) is 15.2. The quantitative estimate of drug-likeness (QED) is 0.703. The van der Waals surface area contributed by atoms with Gasteiger partial charge in [0.25, 0.3) is 0 Å². The average molecular weight is 355 g/mol. The molecule has 4 nitrogen and oxygen atoms in total. The molecular weight excluding hydrogens is 334 g/mol. The Morgan fingerprint density at radius 1 is 1.16 bits per heavy atom. The fourth-order valence-electron chi connectivity index (χ4n) is 2.66. The van der Waals surface area contributed by atoms with Crippen LogP contribution in [0.4, 0.5) is 0 Å². The maximum absolute atomic E-state index is 12.5. The van der Waals surface area contributed by atoms with Gasteiger partial charge in [-0.25, -0.2) is 0 Å². The number of hydrogen-bond acceptors (Lipinski definition) is 5. The van der Waals surface area contributed by atoms with Gasteiger partial charge in [0.05, 0.1) is 13.7 Å². The van der Waals surface area contributed by atoms with Crippen LogP contribution in [-0.2, 0) is 6.42 Å². The molecule has 3 rings (SSSR count). The molecule has 0 N–H and O–H groups in total. The third-order valence-electron chi connectivity index (χ3n) is 3.97. The van der Waals surface area contributed by atoms with E-state index in [0.717, 1.165) is 28.4 Å². The summed E-state index contributed by atoms with van der Waals surface area (Å²) in [5.41, 5.74) is 1.94. The second-order valence-electron chi connectivity index (χ2n) is 5.65. The molecule has 2 aromatic rings. The Labute approximate surface area is 152 Å². The summed E-state index contributed by atoms with van der Waals surface area (Å²) in [5.74, 6) is 1.70. The molecule has 0 radical (unpaired) electrons.